The molecule has 1 aromatic rings. The Morgan fingerprint density at radius 3 is 2.73 bits per heavy atom. The fraction of sp³-hybridized carbons (Fsp3) is 0.600. The van der Waals surface area contributed by atoms with Gasteiger partial charge in [-0.25, -0.2) is 9.97 Å². The SMILES string of the molecule is CC1CN(c2ncc(Br)cn2)CCC1Cl. The molecule has 1 fully saturated rings. The summed E-state index contributed by atoms with van der Waals surface area (Å²) in [6, 6.07) is 0. The van der Waals surface area contributed by atoms with Gasteiger partial charge in [-0.2, -0.15) is 0 Å². The van der Waals surface area contributed by atoms with E-state index in [1.807, 2.05) is 0 Å². The van der Waals surface area contributed by atoms with Gasteiger partial charge in [-0.3, -0.25) is 0 Å². The van der Waals surface area contributed by atoms with E-state index >= 15 is 0 Å². The van der Waals surface area contributed by atoms with Crippen molar-refractivity contribution in [1.29, 1.82) is 0 Å². The summed E-state index contributed by atoms with van der Waals surface area (Å²) in [7, 11) is 0. The highest BCUT2D eigenvalue weighted by atomic mass is 79.9. The first-order chi connectivity index (χ1) is 7.16. The molecule has 0 bridgehead atoms. The van der Waals surface area contributed by atoms with E-state index < -0.39 is 0 Å². The van der Waals surface area contributed by atoms with E-state index in [4.69, 9.17) is 11.6 Å². The summed E-state index contributed by atoms with van der Waals surface area (Å²) in [5, 5.41) is 0.289. The lowest BCUT2D eigenvalue weighted by Crippen LogP contribution is -2.40. The number of anilines is 1. The van der Waals surface area contributed by atoms with Gasteiger partial charge in [0.05, 0.1) is 4.47 Å². The lowest BCUT2D eigenvalue weighted by atomic mass is 10.00. The number of piperidine rings is 1. The van der Waals surface area contributed by atoms with Crippen molar-refractivity contribution in [2.75, 3.05) is 18.0 Å². The van der Waals surface area contributed by atoms with Gasteiger partial charge in [0, 0.05) is 30.9 Å². The Balaban J connectivity index is 2.08. The van der Waals surface area contributed by atoms with Gasteiger partial charge in [-0.1, -0.05) is 6.92 Å². The van der Waals surface area contributed by atoms with Gasteiger partial charge in [0.15, 0.2) is 0 Å². The second kappa shape index (κ2) is 4.66. The number of nitrogens with zero attached hydrogens (tertiary/aromatic N) is 3. The minimum Gasteiger partial charge on any atom is -0.340 e. The first-order valence-electron chi connectivity index (χ1n) is 5.03. The van der Waals surface area contributed by atoms with E-state index in [1.165, 1.54) is 0 Å². The van der Waals surface area contributed by atoms with Gasteiger partial charge >= 0.3 is 0 Å². The van der Waals surface area contributed by atoms with Crippen LogP contribution in [0.15, 0.2) is 16.9 Å². The smallest absolute Gasteiger partial charge is 0.225 e. The van der Waals surface area contributed by atoms with E-state index in [2.05, 4.69) is 37.7 Å². The summed E-state index contributed by atoms with van der Waals surface area (Å²) in [6.45, 7) is 4.05. The topological polar surface area (TPSA) is 29.0 Å². The molecular formula is C10H13BrClN3. The summed E-state index contributed by atoms with van der Waals surface area (Å²) in [5.41, 5.74) is 0. The number of rotatable bonds is 1. The molecule has 2 atom stereocenters. The molecule has 1 saturated heterocycles. The zero-order chi connectivity index (χ0) is 10.8. The Bertz CT molecular complexity index is 330. The Morgan fingerprint density at radius 1 is 1.47 bits per heavy atom. The fourth-order valence-corrected chi connectivity index (χ4v) is 2.15. The van der Waals surface area contributed by atoms with Crippen molar-refractivity contribution in [1.82, 2.24) is 9.97 Å². The minimum atomic E-state index is 0.289. The number of alkyl halides is 1. The summed E-state index contributed by atoms with van der Waals surface area (Å²) in [5.74, 6) is 1.29. The second-order valence-corrected chi connectivity index (χ2v) is 5.41. The first kappa shape index (κ1) is 11.1. The Hall–Kier alpha value is -0.350. The number of hydrogen-bond donors (Lipinski definition) is 0. The maximum atomic E-state index is 6.17. The molecule has 2 unspecified atom stereocenters. The van der Waals surface area contributed by atoms with E-state index in [0.29, 0.717) is 5.92 Å². The van der Waals surface area contributed by atoms with Crippen LogP contribution in [0.2, 0.25) is 0 Å². The highest BCUT2D eigenvalue weighted by molar-refractivity contribution is 9.10. The highest BCUT2D eigenvalue weighted by Gasteiger charge is 2.25. The van der Waals surface area contributed by atoms with Crippen LogP contribution < -0.4 is 4.90 Å². The van der Waals surface area contributed by atoms with E-state index in [-0.39, 0.29) is 5.38 Å². The number of halogens is 2. The molecule has 0 radical (unpaired) electrons. The molecule has 0 spiro atoms. The van der Waals surface area contributed by atoms with Crippen molar-refractivity contribution < 1.29 is 0 Å². The molecule has 0 saturated carbocycles. The summed E-state index contributed by atoms with van der Waals surface area (Å²) >= 11 is 9.50. The average molecular weight is 291 g/mol. The van der Waals surface area contributed by atoms with Crippen LogP contribution in [-0.2, 0) is 0 Å². The van der Waals surface area contributed by atoms with Gasteiger partial charge in [0.2, 0.25) is 5.95 Å². The van der Waals surface area contributed by atoms with Crippen molar-refractivity contribution in [2.24, 2.45) is 5.92 Å². The molecule has 15 heavy (non-hydrogen) atoms. The minimum absolute atomic E-state index is 0.289. The average Bonchev–Trinajstić information content (AvgIpc) is 2.23. The quantitative estimate of drug-likeness (QED) is 0.745. The van der Waals surface area contributed by atoms with E-state index in [0.717, 1.165) is 29.9 Å². The third-order valence-corrected chi connectivity index (χ3v) is 3.75. The third-order valence-electron chi connectivity index (χ3n) is 2.69. The van der Waals surface area contributed by atoms with Crippen molar-refractivity contribution in [3.05, 3.63) is 16.9 Å². The molecule has 5 heteroatoms. The fourth-order valence-electron chi connectivity index (χ4n) is 1.77. The standard InChI is InChI=1S/C10H13BrClN3/c1-7-6-15(3-2-9(7)12)10-13-4-8(11)5-14-10/h4-5,7,9H,2-3,6H2,1H3. The zero-order valence-electron chi connectivity index (χ0n) is 8.53. The summed E-state index contributed by atoms with van der Waals surface area (Å²) in [6.07, 6.45) is 4.56. The molecule has 0 aromatic carbocycles. The molecular weight excluding hydrogens is 277 g/mol. The van der Waals surface area contributed by atoms with Crippen LogP contribution in [0.25, 0.3) is 0 Å². The number of aromatic nitrogens is 2. The third kappa shape index (κ3) is 2.61. The molecule has 0 amide bonds. The predicted octanol–water partition coefficient (Wildman–Crippen LogP) is 2.69. The van der Waals surface area contributed by atoms with Crippen molar-refractivity contribution in [3.63, 3.8) is 0 Å². The van der Waals surface area contributed by atoms with Crippen LogP contribution in [0.3, 0.4) is 0 Å². The largest absolute Gasteiger partial charge is 0.340 e. The lowest BCUT2D eigenvalue weighted by molar-refractivity contribution is 0.449. The summed E-state index contributed by atoms with van der Waals surface area (Å²) < 4.78 is 0.909. The molecule has 82 valence electrons. The monoisotopic (exact) mass is 289 g/mol. The van der Waals surface area contributed by atoms with Gasteiger partial charge in [0.1, 0.15) is 0 Å². The molecule has 0 N–H and O–H groups in total. The predicted molar refractivity (Wildman–Crippen MR) is 65.4 cm³/mol. The van der Waals surface area contributed by atoms with Crippen LogP contribution in [0.1, 0.15) is 13.3 Å². The van der Waals surface area contributed by atoms with Crippen LogP contribution in [-0.4, -0.2) is 28.4 Å². The van der Waals surface area contributed by atoms with E-state index in [9.17, 15) is 0 Å². The van der Waals surface area contributed by atoms with Gasteiger partial charge < -0.3 is 4.90 Å². The van der Waals surface area contributed by atoms with Crippen molar-refractivity contribution >= 4 is 33.5 Å². The normalized spacial score (nSPS) is 26.7. The zero-order valence-corrected chi connectivity index (χ0v) is 10.9. The molecule has 3 nitrogen and oxygen atoms in total. The Labute approximate surface area is 103 Å². The number of hydrogen-bond acceptors (Lipinski definition) is 3. The van der Waals surface area contributed by atoms with Gasteiger partial charge in [-0.05, 0) is 28.3 Å². The maximum absolute atomic E-state index is 6.17. The van der Waals surface area contributed by atoms with Gasteiger partial charge in [-0.15, -0.1) is 11.6 Å². The molecule has 1 aliphatic heterocycles. The summed E-state index contributed by atoms with van der Waals surface area (Å²) in [4.78, 5) is 10.8. The molecule has 1 aliphatic rings. The molecule has 0 aliphatic carbocycles. The molecule has 2 rings (SSSR count). The Morgan fingerprint density at radius 2 is 2.13 bits per heavy atom. The van der Waals surface area contributed by atoms with Gasteiger partial charge in [0.25, 0.3) is 0 Å². The highest BCUT2D eigenvalue weighted by Crippen LogP contribution is 2.24. The van der Waals surface area contributed by atoms with Crippen LogP contribution in [0.5, 0.6) is 0 Å². The van der Waals surface area contributed by atoms with Crippen LogP contribution >= 0.6 is 27.5 Å². The van der Waals surface area contributed by atoms with Crippen LogP contribution in [0, 0.1) is 5.92 Å². The second-order valence-electron chi connectivity index (χ2n) is 3.93. The lowest BCUT2D eigenvalue weighted by Gasteiger charge is -2.33. The van der Waals surface area contributed by atoms with Crippen molar-refractivity contribution in [2.45, 2.75) is 18.7 Å². The maximum Gasteiger partial charge on any atom is 0.225 e. The van der Waals surface area contributed by atoms with E-state index in [1.54, 1.807) is 12.4 Å². The first-order valence-corrected chi connectivity index (χ1v) is 6.26. The van der Waals surface area contributed by atoms with Crippen molar-refractivity contribution in [3.8, 4) is 0 Å². The Kier molecular flexibility index (Phi) is 3.46. The van der Waals surface area contributed by atoms with Crippen LogP contribution in [0.4, 0.5) is 5.95 Å². The molecule has 1 aromatic heterocycles. The molecule has 2 heterocycles.